The molecule has 2 heterocycles. The predicted molar refractivity (Wildman–Crippen MR) is 162 cm³/mol. The van der Waals surface area contributed by atoms with Gasteiger partial charge in [0.25, 0.3) is 5.91 Å². The normalized spacial score (nSPS) is 12.0. The van der Waals surface area contributed by atoms with Crippen molar-refractivity contribution in [1.29, 1.82) is 5.26 Å². The highest BCUT2D eigenvalue weighted by molar-refractivity contribution is 6.22. The van der Waals surface area contributed by atoms with Gasteiger partial charge in [0.2, 0.25) is 0 Å². The summed E-state index contributed by atoms with van der Waals surface area (Å²) in [5, 5.41) is 14.0. The molecule has 0 spiro atoms. The molecule has 1 unspecified atom stereocenters. The number of para-hydroxylation sites is 3. The van der Waals surface area contributed by atoms with Crippen molar-refractivity contribution in [2.75, 3.05) is 5.32 Å². The molecule has 0 saturated carbocycles. The third-order valence-corrected chi connectivity index (χ3v) is 7.74. The van der Waals surface area contributed by atoms with E-state index in [0.29, 0.717) is 18.4 Å². The number of nitrogens with one attached hydrogen (secondary N) is 3. The average molecular weight is 543 g/mol. The summed E-state index contributed by atoms with van der Waals surface area (Å²) in [7, 11) is 0. The van der Waals surface area contributed by atoms with Crippen LogP contribution in [0, 0.1) is 11.3 Å². The zero-order chi connectivity index (χ0) is 27.5. The van der Waals surface area contributed by atoms with Crippen LogP contribution in [0.2, 0.25) is 0 Å². The van der Waals surface area contributed by atoms with Crippen LogP contribution in [0.1, 0.15) is 38.5 Å². The molecule has 3 N–H and O–H groups in total. The van der Waals surface area contributed by atoms with Crippen molar-refractivity contribution in [2.45, 2.75) is 24.1 Å². The van der Waals surface area contributed by atoms with Crippen LogP contribution in [0.4, 0.5) is 5.69 Å². The number of nitriles is 1. The third-order valence-electron chi connectivity index (χ3n) is 7.48. The monoisotopic (exact) mass is 542 g/mol. The van der Waals surface area contributed by atoms with E-state index in [0.717, 1.165) is 27.8 Å². The van der Waals surface area contributed by atoms with Gasteiger partial charge < -0.3 is 15.3 Å². The average Bonchev–Trinajstić information content (AvgIpc) is 3.62. The van der Waals surface area contributed by atoms with Gasteiger partial charge in [0.05, 0.1) is 6.07 Å². The van der Waals surface area contributed by atoms with Crippen LogP contribution in [0.15, 0.2) is 109 Å². The quantitative estimate of drug-likeness (QED) is 0.170. The zero-order valence-electron chi connectivity index (χ0n) is 21.7. The van der Waals surface area contributed by atoms with Gasteiger partial charge in [-0.25, -0.2) is 0 Å². The predicted octanol–water partition coefficient (Wildman–Crippen LogP) is 7.95. The lowest BCUT2D eigenvalue weighted by atomic mass is 9.85. The van der Waals surface area contributed by atoms with Gasteiger partial charge in [-0.2, -0.15) is 5.26 Å². The Morgan fingerprint density at radius 1 is 0.750 bits per heavy atom. The van der Waals surface area contributed by atoms with Crippen LogP contribution < -0.4 is 5.32 Å². The molecule has 1 amide bonds. The Morgan fingerprint density at radius 3 is 1.95 bits per heavy atom. The van der Waals surface area contributed by atoms with Crippen molar-refractivity contribution in [1.82, 2.24) is 9.97 Å². The highest BCUT2D eigenvalue weighted by atomic mass is 35.5. The Kier molecular flexibility index (Phi) is 7.09. The summed E-state index contributed by atoms with van der Waals surface area (Å²) in [5.74, 6) is -0.189. The number of aromatic amines is 2. The Bertz CT molecular complexity index is 1790. The molecule has 40 heavy (non-hydrogen) atoms. The number of benzene rings is 4. The molecule has 6 aromatic rings. The minimum absolute atomic E-state index is 0.0327. The summed E-state index contributed by atoms with van der Waals surface area (Å²) in [4.78, 5) is 20.4. The van der Waals surface area contributed by atoms with Crippen molar-refractivity contribution >= 4 is 45.0 Å². The SMILES string of the molecule is N#CC(Cl)Cc1ccccc1C(=O)Nc1ccccc1CC(c1c[nH]c2ccccc12)c1c[nH]c2ccccc12. The third kappa shape index (κ3) is 4.98. The second-order valence-electron chi connectivity index (χ2n) is 9.91. The second kappa shape index (κ2) is 11.1. The number of halogens is 1. The molecule has 0 aliphatic rings. The van der Waals surface area contributed by atoms with E-state index in [1.54, 1.807) is 6.07 Å². The summed E-state index contributed by atoms with van der Waals surface area (Å²) in [6.45, 7) is 0. The maximum absolute atomic E-state index is 13.5. The van der Waals surface area contributed by atoms with Crippen molar-refractivity contribution in [3.8, 4) is 6.07 Å². The largest absolute Gasteiger partial charge is 0.361 e. The van der Waals surface area contributed by atoms with Crippen molar-refractivity contribution < 1.29 is 4.79 Å². The van der Waals surface area contributed by atoms with Crippen molar-refractivity contribution in [3.63, 3.8) is 0 Å². The first kappa shape index (κ1) is 25.5. The van der Waals surface area contributed by atoms with Crippen LogP contribution in [-0.2, 0) is 12.8 Å². The van der Waals surface area contributed by atoms with E-state index >= 15 is 0 Å². The maximum atomic E-state index is 13.5. The number of nitrogens with zero attached hydrogens (tertiary/aromatic N) is 1. The summed E-state index contributed by atoms with van der Waals surface area (Å²) in [6, 6.07) is 34.0. The Labute approximate surface area is 237 Å². The number of fused-ring (bicyclic) bond motifs is 2. The highest BCUT2D eigenvalue weighted by Gasteiger charge is 2.23. The molecule has 0 fully saturated rings. The van der Waals surface area contributed by atoms with Crippen molar-refractivity contribution in [2.24, 2.45) is 0 Å². The number of amides is 1. The lowest BCUT2D eigenvalue weighted by Gasteiger charge is -2.20. The van der Waals surface area contributed by atoms with Gasteiger partial charge in [-0.05, 0) is 52.9 Å². The minimum atomic E-state index is -0.700. The lowest BCUT2D eigenvalue weighted by molar-refractivity contribution is 0.102. The first-order valence-electron chi connectivity index (χ1n) is 13.2. The number of anilines is 1. The van der Waals surface area contributed by atoms with Gasteiger partial charge in [-0.15, -0.1) is 11.6 Å². The zero-order valence-corrected chi connectivity index (χ0v) is 22.5. The molecule has 0 aliphatic carbocycles. The van der Waals surface area contributed by atoms with E-state index in [1.165, 1.54) is 21.9 Å². The number of alkyl halides is 1. The molecule has 0 bridgehead atoms. The van der Waals surface area contributed by atoms with E-state index in [9.17, 15) is 10.1 Å². The van der Waals surface area contributed by atoms with Crippen LogP contribution in [-0.4, -0.2) is 21.3 Å². The molecule has 2 aromatic heterocycles. The topological polar surface area (TPSA) is 84.5 Å². The smallest absolute Gasteiger partial charge is 0.255 e. The van der Waals surface area contributed by atoms with Crippen LogP contribution >= 0.6 is 11.6 Å². The number of carbonyl (C=O) groups excluding carboxylic acids is 1. The van der Waals surface area contributed by atoms with Crippen LogP contribution in [0.3, 0.4) is 0 Å². The number of carbonyl (C=O) groups is 1. The number of hydrogen-bond acceptors (Lipinski definition) is 2. The molecule has 4 aromatic carbocycles. The van der Waals surface area contributed by atoms with Crippen LogP contribution in [0.5, 0.6) is 0 Å². The van der Waals surface area contributed by atoms with Gasteiger partial charge in [0.1, 0.15) is 5.38 Å². The number of rotatable bonds is 8. The number of H-pyrrole nitrogens is 2. The van der Waals surface area contributed by atoms with Gasteiger partial charge >= 0.3 is 0 Å². The lowest BCUT2D eigenvalue weighted by Crippen LogP contribution is -2.17. The molecule has 196 valence electrons. The summed E-state index contributed by atoms with van der Waals surface area (Å²) in [6.07, 6.45) is 5.19. The van der Waals surface area contributed by atoms with Crippen molar-refractivity contribution in [3.05, 3.63) is 137 Å². The fourth-order valence-electron chi connectivity index (χ4n) is 5.54. The second-order valence-corrected chi connectivity index (χ2v) is 10.4. The summed E-state index contributed by atoms with van der Waals surface area (Å²) in [5.41, 5.74) is 7.65. The van der Waals surface area contributed by atoms with Gasteiger partial charge in [-0.1, -0.05) is 72.8 Å². The first-order valence-corrected chi connectivity index (χ1v) is 13.7. The molecule has 0 aliphatic heterocycles. The molecular weight excluding hydrogens is 516 g/mol. The molecule has 5 nitrogen and oxygen atoms in total. The number of aromatic nitrogens is 2. The standard InChI is InChI=1S/C34H27ClN4O/c35-24(19-36)17-22-9-1-3-11-25(22)34(40)39-31-14-6-2-10-23(31)18-28(29-20-37-32-15-7-4-12-26(29)32)30-21-38-33-16-8-5-13-27(30)33/h1-16,20-21,24,28,37-38H,17-18H2,(H,39,40). The Hall–Kier alpha value is -4.79. The van der Waals surface area contributed by atoms with Crippen LogP contribution in [0.25, 0.3) is 21.8 Å². The molecule has 0 radical (unpaired) electrons. The van der Waals surface area contributed by atoms with E-state index in [4.69, 9.17) is 11.6 Å². The number of hydrogen-bond donors (Lipinski definition) is 3. The summed E-state index contributed by atoms with van der Waals surface area (Å²) < 4.78 is 0. The highest BCUT2D eigenvalue weighted by Crippen LogP contribution is 2.38. The van der Waals surface area contributed by atoms with E-state index in [-0.39, 0.29) is 11.8 Å². The van der Waals surface area contributed by atoms with Gasteiger partial charge in [0.15, 0.2) is 0 Å². The van der Waals surface area contributed by atoms with Gasteiger partial charge in [-0.3, -0.25) is 4.79 Å². The molecule has 1 atom stereocenters. The van der Waals surface area contributed by atoms with E-state index in [1.807, 2.05) is 54.6 Å². The maximum Gasteiger partial charge on any atom is 0.255 e. The fraction of sp³-hybridized carbons (Fsp3) is 0.118. The Morgan fingerprint density at radius 2 is 1.30 bits per heavy atom. The Balaban J connectivity index is 1.38. The minimum Gasteiger partial charge on any atom is -0.361 e. The van der Waals surface area contributed by atoms with E-state index < -0.39 is 5.38 Å². The molecule has 6 rings (SSSR count). The first-order chi connectivity index (χ1) is 19.6. The van der Waals surface area contributed by atoms with Gasteiger partial charge in [0, 0.05) is 57.8 Å². The molecule has 6 heteroatoms. The fourth-order valence-corrected chi connectivity index (χ4v) is 5.71. The molecular formula is C34H27ClN4O. The van der Waals surface area contributed by atoms with E-state index in [2.05, 4.69) is 70.1 Å². The summed E-state index contributed by atoms with van der Waals surface area (Å²) >= 11 is 6.10. The molecule has 0 saturated heterocycles.